The summed E-state index contributed by atoms with van der Waals surface area (Å²) in [5.74, 6) is -5.47. The molecule has 1 atom stereocenters. The summed E-state index contributed by atoms with van der Waals surface area (Å²) in [6.45, 7) is -0.0290. The first-order valence-electron chi connectivity index (χ1n) is 4.78. The quantitative estimate of drug-likeness (QED) is 0.656. The molecule has 18 heavy (non-hydrogen) atoms. The number of halogens is 6. The van der Waals surface area contributed by atoms with Gasteiger partial charge in [-0.1, -0.05) is 12.1 Å². The maximum absolute atomic E-state index is 13.3. The zero-order chi connectivity index (χ0) is 14.1. The molecule has 8 heteroatoms. The Balaban J connectivity index is 3.12. The molecule has 0 fully saturated rings. The van der Waals surface area contributed by atoms with Gasteiger partial charge in [-0.15, -0.1) is 0 Å². The van der Waals surface area contributed by atoms with Crippen LogP contribution >= 0.6 is 0 Å². The average Bonchev–Trinajstić information content (AvgIpc) is 2.26. The van der Waals surface area contributed by atoms with Crippen LogP contribution in [0.2, 0.25) is 0 Å². The van der Waals surface area contributed by atoms with E-state index >= 15 is 0 Å². The third kappa shape index (κ3) is 2.53. The number of rotatable bonds is 3. The molecule has 1 aromatic carbocycles. The lowest BCUT2D eigenvalue weighted by Gasteiger charge is -2.23. The van der Waals surface area contributed by atoms with E-state index in [1.54, 1.807) is 0 Å². The van der Waals surface area contributed by atoms with Crippen molar-refractivity contribution in [3.8, 4) is 0 Å². The van der Waals surface area contributed by atoms with Crippen LogP contribution in [0.15, 0.2) is 18.2 Å². The molecule has 2 nitrogen and oxygen atoms in total. The summed E-state index contributed by atoms with van der Waals surface area (Å²) in [5.41, 5.74) is 9.94. The maximum Gasteiger partial charge on any atom is 0.456 e. The van der Waals surface area contributed by atoms with Crippen molar-refractivity contribution in [3.05, 3.63) is 29.3 Å². The second kappa shape index (κ2) is 4.68. The predicted molar refractivity (Wildman–Crippen MR) is 53.6 cm³/mol. The van der Waals surface area contributed by atoms with Gasteiger partial charge in [-0.05, 0) is 17.2 Å². The highest BCUT2D eigenvalue weighted by atomic mass is 19.4. The molecular formula is C10H10F6N2. The molecule has 0 amide bonds. The Hall–Kier alpha value is -1.44. The first kappa shape index (κ1) is 14.6. The van der Waals surface area contributed by atoms with E-state index in [1.807, 2.05) is 0 Å². The van der Waals surface area contributed by atoms with Crippen molar-refractivity contribution >= 4 is 5.69 Å². The molecule has 0 bridgehead atoms. The first-order chi connectivity index (χ1) is 8.11. The Bertz CT molecular complexity index is 429. The number of hydrogen-bond acceptors (Lipinski definition) is 2. The summed E-state index contributed by atoms with van der Waals surface area (Å²) in [4.78, 5) is 0. The Morgan fingerprint density at radius 3 is 2.06 bits per heavy atom. The number of nitrogen functional groups attached to an aromatic ring is 1. The van der Waals surface area contributed by atoms with Crippen molar-refractivity contribution in [2.24, 2.45) is 5.73 Å². The van der Waals surface area contributed by atoms with Crippen LogP contribution in [0.5, 0.6) is 0 Å². The SMILES string of the molecule is NCc1ccc(C(F)C(F)(F)C(F)(F)F)cc1N. The molecule has 0 spiro atoms. The van der Waals surface area contributed by atoms with Gasteiger partial charge in [0.25, 0.3) is 0 Å². The summed E-state index contributed by atoms with van der Waals surface area (Å²) in [5, 5.41) is 0. The number of alkyl halides is 6. The van der Waals surface area contributed by atoms with Crippen LogP contribution < -0.4 is 11.5 Å². The molecule has 4 N–H and O–H groups in total. The van der Waals surface area contributed by atoms with Gasteiger partial charge >= 0.3 is 12.1 Å². The molecule has 0 radical (unpaired) electrons. The summed E-state index contributed by atoms with van der Waals surface area (Å²) >= 11 is 0. The van der Waals surface area contributed by atoms with Crippen molar-refractivity contribution in [2.75, 3.05) is 5.73 Å². The lowest BCUT2D eigenvalue weighted by atomic mass is 10.0. The van der Waals surface area contributed by atoms with Crippen molar-refractivity contribution < 1.29 is 26.3 Å². The highest BCUT2D eigenvalue weighted by Gasteiger charge is 2.63. The van der Waals surface area contributed by atoms with E-state index in [0.717, 1.165) is 18.2 Å². The van der Waals surface area contributed by atoms with Crippen LogP contribution in [0, 0.1) is 0 Å². The van der Waals surface area contributed by atoms with E-state index in [0.29, 0.717) is 5.56 Å². The van der Waals surface area contributed by atoms with Crippen LogP contribution in [-0.4, -0.2) is 12.1 Å². The van der Waals surface area contributed by atoms with Crippen LogP contribution in [-0.2, 0) is 6.54 Å². The minimum absolute atomic E-state index is 0.0290. The van der Waals surface area contributed by atoms with E-state index in [9.17, 15) is 26.3 Å². The standard InChI is InChI=1S/C10H10F6N2/c11-8(9(12,13)10(14,15)16)5-1-2-6(4-17)7(18)3-5/h1-3,8H,4,17-18H2. The van der Waals surface area contributed by atoms with Gasteiger partial charge in [0.2, 0.25) is 0 Å². The Morgan fingerprint density at radius 1 is 1.11 bits per heavy atom. The Labute approximate surface area is 98.6 Å². The molecule has 0 heterocycles. The fourth-order valence-corrected chi connectivity index (χ4v) is 1.31. The van der Waals surface area contributed by atoms with Gasteiger partial charge in [0.15, 0.2) is 6.17 Å². The third-order valence-corrected chi connectivity index (χ3v) is 2.38. The highest BCUT2D eigenvalue weighted by molar-refractivity contribution is 5.49. The summed E-state index contributed by atoms with van der Waals surface area (Å²) in [6.07, 6.45) is -9.47. The lowest BCUT2D eigenvalue weighted by molar-refractivity contribution is -0.305. The second-order valence-corrected chi connectivity index (χ2v) is 3.65. The van der Waals surface area contributed by atoms with Gasteiger partial charge in [-0.2, -0.15) is 22.0 Å². The zero-order valence-electron chi connectivity index (χ0n) is 8.94. The number of anilines is 1. The summed E-state index contributed by atoms with van der Waals surface area (Å²) in [7, 11) is 0. The second-order valence-electron chi connectivity index (χ2n) is 3.65. The molecule has 0 aliphatic heterocycles. The third-order valence-electron chi connectivity index (χ3n) is 2.38. The van der Waals surface area contributed by atoms with Crippen molar-refractivity contribution in [2.45, 2.75) is 24.8 Å². The molecule has 0 saturated heterocycles. The van der Waals surface area contributed by atoms with Crippen LogP contribution in [0.3, 0.4) is 0 Å². The predicted octanol–water partition coefficient (Wildman–Crippen LogP) is 2.94. The smallest absolute Gasteiger partial charge is 0.398 e. The molecule has 1 aromatic rings. The minimum Gasteiger partial charge on any atom is -0.398 e. The van der Waals surface area contributed by atoms with E-state index < -0.39 is 23.8 Å². The number of benzene rings is 1. The van der Waals surface area contributed by atoms with Gasteiger partial charge in [-0.3, -0.25) is 0 Å². The van der Waals surface area contributed by atoms with Gasteiger partial charge < -0.3 is 11.5 Å². The summed E-state index contributed by atoms with van der Waals surface area (Å²) < 4.78 is 74.7. The largest absolute Gasteiger partial charge is 0.456 e. The average molecular weight is 272 g/mol. The van der Waals surface area contributed by atoms with Crippen molar-refractivity contribution in [1.82, 2.24) is 0 Å². The lowest BCUT2D eigenvalue weighted by Crippen LogP contribution is -2.40. The highest BCUT2D eigenvalue weighted by Crippen LogP contribution is 2.46. The molecule has 1 unspecified atom stereocenters. The molecule has 0 saturated carbocycles. The maximum atomic E-state index is 13.3. The summed E-state index contributed by atoms with van der Waals surface area (Å²) in [6, 6.07) is 2.65. The van der Waals surface area contributed by atoms with Crippen LogP contribution in [0.1, 0.15) is 17.3 Å². The molecular weight excluding hydrogens is 262 g/mol. The van der Waals surface area contributed by atoms with Crippen LogP contribution in [0.4, 0.5) is 32.0 Å². The fourth-order valence-electron chi connectivity index (χ4n) is 1.31. The Morgan fingerprint density at radius 2 is 1.67 bits per heavy atom. The van der Waals surface area contributed by atoms with Gasteiger partial charge in [0.1, 0.15) is 0 Å². The van der Waals surface area contributed by atoms with E-state index in [1.165, 1.54) is 0 Å². The minimum atomic E-state index is -5.96. The number of nitrogens with two attached hydrogens (primary N) is 2. The first-order valence-corrected chi connectivity index (χ1v) is 4.78. The van der Waals surface area contributed by atoms with Crippen molar-refractivity contribution in [3.63, 3.8) is 0 Å². The van der Waals surface area contributed by atoms with E-state index in [4.69, 9.17) is 11.5 Å². The molecule has 102 valence electrons. The van der Waals surface area contributed by atoms with E-state index in [2.05, 4.69) is 0 Å². The normalized spacial score (nSPS) is 14.6. The molecule has 1 rings (SSSR count). The van der Waals surface area contributed by atoms with Gasteiger partial charge in [-0.25, -0.2) is 4.39 Å². The van der Waals surface area contributed by atoms with Crippen molar-refractivity contribution in [1.29, 1.82) is 0 Å². The Kier molecular flexibility index (Phi) is 3.80. The van der Waals surface area contributed by atoms with Gasteiger partial charge in [0, 0.05) is 12.2 Å². The zero-order valence-corrected chi connectivity index (χ0v) is 8.94. The molecule has 0 aliphatic rings. The fraction of sp³-hybridized carbons (Fsp3) is 0.400. The van der Waals surface area contributed by atoms with Gasteiger partial charge in [0.05, 0.1) is 0 Å². The van der Waals surface area contributed by atoms with E-state index in [-0.39, 0.29) is 12.2 Å². The number of hydrogen-bond donors (Lipinski definition) is 2. The van der Waals surface area contributed by atoms with Crippen LogP contribution in [0.25, 0.3) is 0 Å². The monoisotopic (exact) mass is 272 g/mol. The molecule has 0 aliphatic carbocycles. The molecule has 0 aromatic heterocycles. The topological polar surface area (TPSA) is 52.0 Å².